The van der Waals surface area contributed by atoms with Crippen LogP contribution in [0.15, 0.2) is 18.2 Å². The number of phenols is 1. The number of likely N-dealkylation sites (tertiary alicyclic amines) is 1. The van der Waals surface area contributed by atoms with Crippen molar-refractivity contribution in [1.82, 2.24) is 4.90 Å². The molecule has 4 aliphatic carbocycles. The number of phenolic OH excluding ortho intramolecular Hbond substituents is 1. The number of nitrogens with zero attached hydrogens (tertiary/aromatic N) is 1. The van der Waals surface area contributed by atoms with Crippen LogP contribution in [0.4, 0.5) is 0 Å². The van der Waals surface area contributed by atoms with E-state index in [1.165, 1.54) is 49.8 Å². The van der Waals surface area contributed by atoms with Crippen molar-refractivity contribution in [2.75, 3.05) is 6.54 Å². The highest BCUT2D eigenvalue weighted by Gasteiger charge is 2.83. The summed E-state index contributed by atoms with van der Waals surface area (Å²) in [7, 11) is 0. The summed E-state index contributed by atoms with van der Waals surface area (Å²) in [6.45, 7) is 3.77. The molecule has 1 amide bonds. The van der Waals surface area contributed by atoms with Gasteiger partial charge in [0.15, 0.2) is 0 Å². The Morgan fingerprint density at radius 3 is 2.89 bits per heavy atom. The number of carbonyl (C=O) groups is 1. The molecular weight excluding hydrogens is 348 g/mol. The second kappa shape index (κ2) is 5.53. The SMILES string of the molecule is C[C@H]1[C@@H]2N(CC3CCC3)C3CC4C32Cc2ccc(O)cc2[C@]41CCCC(N)=O. The van der Waals surface area contributed by atoms with Crippen molar-refractivity contribution in [3.8, 4) is 5.75 Å². The number of benzene rings is 1. The van der Waals surface area contributed by atoms with Gasteiger partial charge in [0, 0.05) is 35.9 Å². The molecule has 3 unspecified atom stereocenters. The predicted octanol–water partition coefficient (Wildman–Crippen LogP) is 3.35. The van der Waals surface area contributed by atoms with E-state index in [4.69, 9.17) is 5.73 Å². The van der Waals surface area contributed by atoms with Crippen LogP contribution in [-0.2, 0) is 16.6 Å². The Morgan fingerprint density at radius 2 is 2.18 bits per heavy atom. The smallest absolute Gasteiger partial charge is 0.217 e. The molecule has 4 fully saturated rings. The molecule has 3 saturated carbocycles. The first-order chi connectivity index (χ1) is 13.5. The Hall–Kier alpha value is -1.55. The average Bonchev–Trinajstić information content (AvgIpc) is 2.71. The number of primary amides is 1. The second-order valence-corrected chi connectivity index (χ2v) is 10.5. The normalized spacial score (nSPS) is 42.8. The predicted molar refractivity (Wildman–Crippen MR) is 108 cm³/mol. The van der Waals surface area contributed by atoms with Gasteiger partial charge in [-0.1, -0.05) is 19.4 Å². The number of hydrogen-bond donors (Lipinski definition) is 2. The van der Waals surface area contributed by atoms with Crippen LogP contribution in [0.3, 0.4) is 0 Å². The first-order valence-electron chi connectivity index (χ1n) is 11.3. The summed E-state index contributed by atoms with van der Waals surface area (Å²) in [5, 5.41) is 10.3. The maximum absolute atomic E-state index is 11.4. The van der Waals surface area contributed by atoms with Crippen LogP contribution >= 0.6 is 0 Å². The quantitative estimate of drug-likeness (QED) is 0.795. The van der Waals surface area contributed by atoms with Crippen molar-refractivity contribution < 1.29 is 9.90 Å². The highest BCUT2D eigenvalue weighted by molar-refractivity contribution is 5.73. The van der Waals surface area contributed by atoms with Crippen LogP contribution in [-0.4, -0.2) is 34.5 Å². The minimum atomic E-state index is -0.190. The van der Waals surface area contributed by atoms with Crippen LogP contribution in [0.1, 0.15) is 63.0 Å². The van der Waals surface area contributed by atoms with Gasteiger partial charge in [-0.05, 0) is 79.5 Å². The molecule has 0 aromatic heterocycles. The third kappa shape index (κ3) is 1.84. The summed E-state index contributed by atoms with van der Waals surface area (Å²) < 4.78 is 0. The summed E-state index contributed by atoms with van der Waals surface area (Å²) in [4.78, 5) is 14.3. The Kier molecular flexibility index (Phi) is 3.42. The van der Waals surface area contributed by atoms with Crippen LogP contribution in [0.2, 0.25) is 0 Å². The molecule has 1 aromatic rings. The molecule has 1 aliphatic heterocycles. The van der Waals surface area contributed by atoms with E-state index in [2.05, 4.69) is 24.0 Å². The van der Waals surface area contributed by atoms with Crippen molar-refractivity contribution in [3.63, 3.8) is 0 Å². The molecule has 150 valence electrons. The molecule has 1 heterocycles. The molecule has 1 aromatic carbocycles. The van der Waals surface area contributed by atoms with Gasteiger partial charge in [-0.3, -0.25) is 9.69 Å². The Morgan fingerprint density at radius 1 is 1.36 bits per heavy atom. The van der Waals surface area contributed by atoms with E-state index in [-0.39, 0.29) is 11.3 Å². The highest BCUT2D eigenvalue weighted by Crippen LogP contribution is 2.80. The number of piperidine rings is 1. The van der Waals surface area contributed by atoms with Crippen molar-refractivity contribution in [2.45, 2.75) is 75.8 Å². The fraction of sp³-hybridized carbons (Fsp3) is 0.708. The summed E-state index contributed by atoms with van der Waals surface area (Å²) in [5.74, 6) is 2.40. The topological polar surface area (TPSA) is 66.6 Å². The molecule has 1 spiro atoms. The maximum atomic E-state index is 11.4. The van der Waals surface area contributed by atoms with Crippen LogP contribution < -0.4 is 5.73 Å². The monoisotopic (exact) mass is 380 g/mol. The van der Waals surface area contributed by atoms with Crippen molar-refractivity contribution in [2.24, 2.45) is 28.9 Å². The van der Waals surface area contributed by atoms with Crippen LogP contribution in [0, 0.1) is 23.2 Å². The van der Waals surface area contributed by atoms with E-state index in [1.54, 1.807) is 0 Å². The number of nitrogens with two attached hydrogens (primary N) is 1. The lowest BCUT2D eigenvalue weighted by Gasteiger charge is -2.74. The van der Waals surface area contributed by atoms with Gasteiger partial charge in [0.2, 0.25) is 5.91 Å². The van der Waals surface area contributed by atoms with E-state index in [0.29, 0.717) is 35.5 Å². The minimum Gasteiger partial charge on any atom is -0.508 e. The fourth-order valence-corrected chi connectivity index (χ4v) is 8.61. The molecule has 0 radical (unpaired) electrons. The lowest BCUT2D eigenvalue weighted by Crippen LogP contribution is -2.80. The molecule has 28 heavy (non-hydrogen) atoms. The van der Waals surface area contributed by atoms with Gasteiger partial charge in [-0.2, -0.15) is 0 Å². The molecule has 1 saturated heterocycles. The second-order valence-electron chi connectivity index (χ2n) is 10.5. The van der Waals surface area contributed by atoms with Crippen molar-refractivity contribution >= 4 is 5.91 Å². The number of carbonyl (C=O) groups excluding carboxylic acids is 1. The molecule has 2 bridgehead atoms. The molecule has 3 N–H and O–H groups in total. The lowest BCUT2D eigenvalue weighted by molar-refractivity contribution is -0.232. The summed E-state index contributed by atoms with van der Waals surface area (Å²) in [5.41, 5.74) is 8.88. The summed E-state index contributed by atoms with van der Waals surface area (Å²) in [6, 6.07) is 7.55. The zero-order valence-corrected chi connectivity index (χ0v) is 16.9. The first kappa shape index (κ1) is 17.3. The summed E-state index contributed by atoms with van der Waals surface area (Å²) in [6.07, 6.45) is 9.10. The molecular formula is C24H32N2O2. The number of aromatic hydroxyl groups is 1. The average molecular weight is 381 g/mol. The Balaban J connectivity index is 1.41. The maximum Gasteiger partial charge on any atom is 0.217 e. The number of hydrogen-bond acceptors (Lipinski definition) is 3. The van der Waals surface area contributed by atoms with E-state index in [0.717, 1.165) is 24.8 Å². The fourth-order valence-electron chi connectivity index (χ4n) is 8.61. The Bertz CT molecular complexity index is 849. The van der Waals surface area contributed by atoms with Crippen molar-refractivity contribution in [3.05, 3.63) is 29.3 Å². The number of amides is 1. The van der Waals surface area contributed by atoms with Crippen LogP contribution in [0.25, 0.3) is 0 Å². The zero-order valence-electron chi connectivity index (χ0n) is 16.9. The van der Waals surface area contributed by atoms with Crippen LogP contribution in [0.5, 0.6) is 5.75 Å². The third-order valence-electron chi connectivity index (χ3n) is 9.74. The molecule has 4 nitrogen and oxygen atoms in total. The van der Waals surface area contributed by atoms with Gasteiger partial charge in [-0.25, -0.2) is 0 Å². The van der Waals surface area contributed by atoms with E-state index in [9.17, 15) is 9.90 Å². The molecule has 6 rings (SSSR count). The highest BCUT2D eigenvalue weighted by atomic mass is 16.3. The zero-order chi connectivity index (χ0) is 19.3. The molecule has 4 heteroatoms. The standard InChI is InChI=1S/C24H32N2O2/c1-14-22-24-12-16-7-8-17(27)10-18(16)23(14,9-3-6-21(25)28)19(24)11-20(24)26(22)13-15-4-2-5-15/h7-8,10,14-15,19-20,22,27H,2-6,9,11-13H2,1H3,(H2,25,28)/t14-,19?,20?,22-,23+,24?/m0/s1. The summed E-state index contributed by atoms with van der Waals surface area (Å²) >= 11 is 0. The number of rotatable bonds is 6. The van der Waals surface area contributed by atoms with Gasteiger partial charge >= 0.3 is 0 Å². The van der Waals surface area contributed by atoms with Gasteiger partial charge in [0.25, 0.3) is 0 Å². The van der Waals surface area contributed by atoms with Gasteiger partial charge < -0.3 is 10.8 Å². The molecule has 5 aliphatic rings. The lowest BCUT2D eigenvalue weighted by atomic mass is 9.41. The van der Waals surface area contributed by atoms with Gasteiger partial charge in [-0.15, -0.1) is 0 Å². The van der Waals surface area contributed by atoms with Gasteiger partial charge in [0.05, 0.1) is 0 Å². The number of fused-ring (bicyclic) bond motifs is 2. The van der Waals surface area contributed by atoms with Crippen molar-refractivity contribution in [1.29, 1.82) is 0 Å². The molecule has 6 atom stereocenters. The first-order valence-corrected chi connectivity index (χ1v) is 11.3. The third-order valence-corrected chi connectivity index (χ3v) is 9.74. The van der Waals surface area contributed by atoms with E-state index < -0.39 is 0 Å². The van der Waals surface area contributed by atoms with E-state index >= 15 is 0 Å². The van der Waals surface area contributed by atoms with E-state index in [1.807, 2.05) is 6.07 Å². The largest absolute Gasteiger partial charge is 0.508 e. The minimum absolute atomic E-state index is 0.108. The Labute approximate surface area is 167 Å². The van der Waals surface area contributed by atoms with Gasteiger partial charge in [0.1, 0.15) is 5.75 Å².